The van der Waals surface area contributed by atoms with Crippen molar-refractivity contribution in [3.63, 3.8) is 0 Å². The number of rotatable bonds is 6. The summed E-state index contributed by atoms with van der Waals surface area (Å²) in [6.07, 6.45) is 1.08. The average Bonchev–Trinajstić information content (AvgIpc) is 3.12. The number of azo groups is 1. The van der Waals surface area contributed by atoms with Crippen molar-refractivity contribution in [3.8, 4) is 11.1 Å². The van der Waals surface area contributed by atoms with Crippen molar-refractivity contribution in [2.45, 2.75) is 28.2 Å². The highest BCUT2D eigenvalue weighted by atomic mass is 32.2. The van der Waals surface area contributed by atoms with Gasteiger partial charge in [0.1, 0.15) is 4.90 Å². The summed E-state index contributed by atoms with van der Waals surface area (Å²) in [5.74, 6) is -0.423. The lowest BCUT2D eigenvalue weighted by molar-refractivity contribution is 0.576. The third-order valence-corrected chi connectivity index (χ3v) is 9.45. The minimum atomic E-state index is -4.54. The van der Waals surface area contributed by atoms with Gasteiger partial charge in [0.2, 0.25) is 10.0 Å². The molecule has 33 heavy (non-hydrogen) atoms. The number of aromatic nitrogens is 1. The van der Waals surface area contributed by atoms with Crippen molar-refractivity contribution in [1.29, 1.82) is 0 Å². The Hall–Kier alpha value is -2.78. The van der Waals surface area contributed by atoms with Crippen LogP contribution in [-0.2, 0) is 19.9 Å². The summed E-state index contributed by atoms with van der Waals surface area (Å²) in [5.41, 5.74) is 12.4. The number of benzene rings is 2. The Morgan fingerprint density at radius 2 is 1.82 bits per heavy atom. The fourth-order valence-corrected chi connectivity index (χ4v) is 8.03. The lowest BCUT2D eigenvalue weighted by atomic mass is 9.98. The molecular weight excluding hydrogens is 486 g/mol. The molecule has 0 unspecified atom stereocenters. The van der Waals surface area contributed by atoms with Crippen molar-refractivity contribution in [2.75, 3.05) is 18.2 Å². The second-order valence-corrected chi connectivity index (χ2v) is 12.6. The Labute approximate surface area is 193 Å². The average molecular weight is 506 g/mol. The van der Waals surface area contributed by atoms with Crippen molar-refractivity contribution < 1.29 is 16.8 Å². The van der Waals surface area contributed by atoms with Crippen LogP contribution in [0.25, 0.3) is 21.3 Å². The van der Waals surface area contributed by atoms with E-state index in [9.17, 15) is 16.8 Å². The molecule has 2 aromatic carbocycles. The van der Waals surface area contributed by atoms with Gasteiger partial charge in [0.05, 0.1) is 26.4 Å². The number of anilines is 1. The number of sulfone groups is 1. The molecule has 0 radical (unpaired) electrons. The van der Waals surface area contributed by atoms with Gasteiger partial charge in [0.15, 0.2) is 27.5 Å². The Morgan fingerprint density at radius 3 is 2.45 bits per heavy atom. The summed E-state index contributed by atoms with van der Waals surface area (Å²) >= 11 is 1.27. The van der Waals surface area contributed by atoms with E-state index < -0.39 is 40.9 Å². The SMILES string of the molecule is Nc1nc2c(-c3ccc(S(=O)(=O)CC4(N)CC4)c(S(N)(=O)=O)c3C3=NCN=N3)cccc2s1. The minimum Gasteiger partial charge on any atom is -0.375 e. The zero-order valence-electron chi connectivity index (χ0n) is 17.1. The van der Waals surface area contributed by atoms with Crippen molar-refractivity contribution >= 4 is 52.4 Å². The van der Waals surface area contributed by atoms with Gasteiger partial charge in [0, 0.05) is 11.1 Å². The molecule has 14 heteroatoms. The molecule has 0 atom stereocenters. The van der Waals surface area contributed by atoms with Gasteiger partial charge in [-0.05, 0) is 30.5 Å². The second-order valence-electron chi connectivity index (χ2n) is 8.05. The maximum atomic E-state index is 13.3. The Bertz CT molecular complexity index is 1590. The molecule has 2 heterocycles. The number of amidine groups is 1. The molecule has 0 spiro atoms. The monoisotopic (exact) mass is 505 g/mol. The van der Waals surface area contributed by atoms with Crippen molar-refractivity contribution in [3.05, 3.63) is 35.9 Å². The zero-order valence-corrected chi connectivity index (χ0v) is 19.5. The molecule has 1 aromatic heterocycles. The number of sulfonamides is 1. The molecule has 3 aromatic rings. The predicted octanol–water partition coefficient (Wildman–Crippen LogP) is 1.63. The van der Waals surface area contributed by atoms with E-state index in [1.807, 2.05) is 6.07 Å². The first-order valence-electron chi connectivity index (χ1n) is 9.78. The van der Waals surface area contributed by atoms with Crippen LogP contribution >= 0.6 is 11.3 Å². The number of primary sulfonamides is 1. The van der Waals surface area contributed by atoms with Crippen LogP contribution in [0, 0.1) is 0 Å². The first-order chi connectivity index (χ1) is 15.5. The van der Waals surface area contributed by atoms with Crippen LogP contribution in [0.4, 0.5) is 5.13 Å². The first kappa shape index (κ1) is 22.0. The summed E-state index contributed by atoms with van der Waals surface area (Å²) < 4.78 is 53.0. The van der Waals surface area contributed by atoms with Crippen LogP contribution in [0.1, 0.15) is 18.4 Å². The second kappa shape index (κ2) is 7.36. The Kier molecular flexibility index (Phi) is 4.92. The lowest BCUT2D eigenvalue weighted by Gasteiger charge is -2.18. The Morgan fingerprint density at radius 1 is 1.06 bits per heavy atom. The summed E-state index contributed by atoms with van der Waals surface area (Å²) in [5, 5.41) is 13.7. The smallest absolute Gasteiger partial charge is 0.240 e. The van der Waals surface area contributed by atoms with E-state index in [2.05, 4.69) is 20.2 Å². The fourth-order valence-electron chi connectivity index (χ4n) is 3.84. The van der Waals surface area contributed by atoms with Crippen LogP contribution in [0.3, 0.4) is 0 Å². The number of para-hydroxylation sites is 1. The lowest BCUT2D eigenvalue weighted by Crippen LogP contribution is -2.33. The van der Waals surface area contributed by atoms with Crippen molar-refractivity contribution in [1.82, 2.24) is 4.98 Å². The standard InChI is InChI=1S/C19H19N7O4S3/c20-18-25-15-11(2-1-3-12(15)31-18)10-4-5-13(32(27,28)8-19(21)6-7-19)16(33(22,29)30)14(10)17-23-9-24-26-17/h1-5H,6-9,21H2,(H2,20,25)(H2,22,29,30). The third-order valence-electron chi connectivity index (χ3n) is 5.51. The van der Waals surface area contributed by atoms with E-state index in [1.54, 1.807) is 12.1 Å². The van der Waals surface area contributed by atoms with Crippen LogP contribution < -0.4 is 16.6 Å². The number of fused-ring (bicyclic) bond motifs is 1. The number of nitrogens with two attached hydrogens (primary N) is 3. The molecular formula is C19H19N7O4S3. The number of nitrogen functional groups attached to an aromatic ring is 1. The molecule has 6 N–H and O–H groups in total. The molecule has 1 fully saturated rings. The maximum Gasteiger partial charge on any atom is 0.240 e. The molecule has 5 rings (SSSR count). The van der Waals surface area contributed by atoms with E-state index in [0.717, 1.165) is 4.70 Å². The minimum absolute atomic E-state index is 0.0183. The molecule has 11 nitrogen and oxygen atoms in total. The van der Waals surface area contributed by atoms with Gasteiger partial charge < -0.3 is 11.5 Å². The number of aliphatic imine (C=N–C) groups is 1. The zero-order chi connectivity index (χ0) is 23.6. The highest BCUT2D eigenvalue weighted by molar-refractivity contribution is 7.93. The van der Waals surface area contributed by atoms with Gasteiger partial charge in [-0.3, -0.25) is 0 Å². The largest absolute Gasteiger partial charge is 0.375 e. The number of thiazole rings is 1. The molecule has 0 amide bonds. The van der Waals surface area contributed by atoms with E-state index in [0.29, 0.717) is 34.6 Å². The third kappa shape index (κ3) is 3.93. The molecule has 1 aliphatic heterocycles. The van der Waals surface area contributed by atoms with Crippen LogP contribution in [0.5, 0.6) is 0 Å². The van der Waals surface area contributed by atoms with Gasteiger partial charge in [0.25, 0.3) is 0 Å². The van der Waals surface area contributed by atoms with Crippen LogP contribution in [0.15, 0.2) is 55.3 Å². The van der Waals surface area contributed by atoms with Crippen LogP contribution in [-0.4, -0.2) is 45.6 Å². The van der Waals surface area contributed by atoms with Gasteiger partial charge in [-0.25, -0.2) is 32.0 Å². The molecule has 2 aliphatic rings. The van der Waals surface area contributed by atoms with E-state index in [1.165, 1.54) is 23.5 Å². The summed E-state index contributed by atoms with van der Waals surface area (Å²) in [6.45, 7) is -0.0183. The number of hydrogen-bond donors (Lipinski definition) is 3. The molecule has 0 saturated heterocycles. The highest BCUT2D eigenvalue weighted by Crippen LogP contribution is 2.41. The normalized spacial score (nSPS) is 17.5. The molecule has 1 saturated carbocycles. The van der Waals surface area contributed by atoms with Gasteiger partial charge in [-0.15, -0.1) is 5.11 Å². The number of nitrogens with zero attached hydrogens (tertiary/aromatic N) is 4. The molecule has 0 bridgehead atoms. The quantitative estimate of drug-likeness (QED) is 0.452. The molecule has 172 valence electrons. The molecule has 1 aliphatic carbocycles. The topological polar surface area (TPSA) is 196 Å². The van der Waals surface area contributed by atoms with Crippen LogP contribution in [0.2, 0.25) is 0 Å². The van der Waals surface area contributed by atoms with Gasteiger partial charge in [-0.2, -0.15) is 5.11 Å². The first-order valence-corrected chi connectivity index (χ1v) is 13.8. The summed E-state index contributed by atoms with van der Waals surface area (Å²) in [4.78, 5) is 7.51. The number of hydrogen-bond acceptors (Lipinski definition) is 11. The predicted molar refractivity (Wildman–Crippen MR) is 125 cm³/mol. The Balaban J connectivity index is 1.86. The fraction of sp³-hybridized carbons (Fsp3) is 0.263. The summed E-state index contributed by atoms with van der Waals surface area (Å²) in [7, 11) is -8.65. The summed E-state index contributed by atoms with van der Waals surface area (Å²) in [6, 6.07) is 8.07. The highest BCUT2D eigenvalue weighted by Gasteiger charge is 2.44. The van der Waals surface area contributed by atoms with E-state index >= 15 is 0 Å². The maximum absolute atomic E-state index is 13.3. The van der Waals surface area contributed by atoms with E-state index in [4.69, 9.17) is 16.6 Å². The van der Waals surface area contributed by atoms with Gasteiger partial charge >= 0.3 is 0 Å². The van der Waals surface area contributed by atoms with Crippen molar-refractivity contribution in [2.24, 2.45) is 26.1 Å². The van der Waals surface area contributed by atoms with Gasteiger partial charge in [-0.1, -0.05) is 29.5 Å². The van der Waals surface area contributed by atoms with E-state index in [-0.39, 0.29) is 18.1 Å².